The molecule has 3 nitrogen and oxygen atoms in total. The number of nitriles is 1. The third-order valence-corrected chi connectivity index (χ3v) is 4.23. The summed E-state index contributed by atoms with van der Waals surface area (Å²) >= 11 is 7.71. The highest BCUT2D eigenvalue weighted by Gasteiger charge is 2.02. The predicted molar refractivity (Wildman–Crippen MR) is 89.8 cm³/mol. The second kappa shape index (κ2) is 7.92. The van der Waals surface area contributed by atoms with E-state index in [0.717, 1.165) is 18.1 Å². The molecule has 0 radical (unpaired) electrons. The van der Waals surface area contributed by atoms with Crippen LogP contribution in [0.15, 0.2) is 36.4 Å². The lowest BCUT2D eigenvalue weighted by atomic mass is 10.2. The van der Waals surface area contributed by atoms with Gasteiger partial charge in [0.2, 0.25) is 0 Å². The Morgan fingerprint density at radius 2 is 2.00 bits per heavy atom. The van der Waals surface area contributed by atoms with Gasteiger partial charge in [0.25, 0.3) is 0 Å². The molecule has 0 amide bonds. The highest BCUT2D eigenvalue weighted by atomic mass is 35.5. The van der Waals surface area contributed by atoms with Crippen molar-refractivity contribution in [2.75, 3.05) is 17.6 Å². The minimum Gasteiger partial charge on any atom is -0.369 e. The van der Waals surface area contributed by atoms with Gasteiger partial charge >= 0.3 is 0 Å². The zero-order chi connectivity index (χ0) is 15.1. The predicted octanol–water partition coefficient (Wildman–Crippen LogP) is 4.26. The maximum atomic E-state index is 8.87. The van der Waals surface area contributed by atoms with E-state index in [4.69, 9.17) is 16.9 Å². The number of anilines is 1. The molecule has 1 N–H and O–H groups in total. The number of hydrogen-bond acceptors (Lipinski definition) is 4. The van der Waals surface area contributed by atoms with Gasteiger partial charge < -0.3 is 5.32 Å². The fourth-order valence-electron chi connectivity index (χ4n) is 1.74. The summed E-state index contributed by atoms with van der Waals surface area (Å²) in [5.41, 5.74) is 2.88. The second-order valence-electron chi connectivity index (χ2n) is 4.60. The second-order valence-corrected chi connectivity index (χ2v) is 6.12. The van der Waals surface area contributed by atoms with E-state index < -0.39 is 0 Å². The molecule has 0 aliphatic rings. The van der Waals surface area contributed by atoms with E-state index in [1.165, 1.54) is 11.1 Å². The number of thioether (sulfide) groups is 1. The SMILES string of the molecule is Cc1ccc(CSCCNc2ccc(Cl)c(C#N)n2)cc1. The molecular weight excluding hydrogens is 302 g/mol. The van der Waals surface area contributed by atoms with Crippen LogP contribution in [0.2, 0.25) is 5.02 Å². The van der Waals surface area contributed by atoms with Gasteiger partial charge in [-0.25, -0.2) is 4.98 Å². The number of nitrogens with one attached hydrogen (secondary N) is 1. The first-order chi connectivity index (χ1) is 10.2. The number of aryl methyl sites for hydroxylation is 1. The van der Waals surface area contributed by atoms with E-state index in [1.807, 2.05) is 17.8 Å². The Morgan fingerprint density at radius 3 is 2.71 bits per heavy atom. The average molecular weight is 318 g/mol. The molecule has 2 rings (SSSR count). The minimum atomic E-state index is 0.258. The first kappa shape index (κ1) is 15.7. The summed E-state index contributed by atoms with van der Waals surface area (Å²) in [5, 5.41) is 12.5. The molecule has 0 saturated heterocycles. The van der Waals surface area contributed by atoms with Crippen LogP contribution in [0.4, 0.5) is 5.82 Å². The van der Waals surface area contributed by atoms with E-state index in [9.17, 15) is 0 Å². The summed E-state index contributed by atoms with van der Waals surface area (Å²) in [6, 6.07) is 14.0. The molecule has 0 atom stereocenters. The fourth-order valence-corrected chi connectivity index (χ4v) is 2.71. The lowest BCUT2D eigenvalue weighted by Crippen LogP contribution is -2.06. The first-order valence-electron chi connectivity index (χ1n) is 6.63. The zero-order valence-electron chi connectivity index (χ0n) is 11.8. The summed E-state index contributed by atoms with van der Waals surface area (Å²) in [7, 11) is 0. The molecule has 1 aromatic heterocycles. The van der Waals surface area contributed by atoms with Crippen molar-refractivity contribution in [3.05, 3.63) is 58.2 Å². The number of benzene rings is 1. The third-order valence-electron chi connectivity index (χ3n) is 2.89. The first-order valence-corrected chi connectivity index (χ1v) is 8.16. The topological polar surface area (TPSA) is 48.7 Å². The van der Waals surface area contributed by atoms with E-state index in [0.29, 0.717) is 10.8 Å². The molecule has 1 aromatic carbocycles. The van der Waals surface area contributed by atoms with Crippen LogP contribution in [-0.2, 0) is 5.75 Å². The van der Waals surface area contributed by atoms with Crippen LogP contribution in [-0.4, -0.2) is 17.3 Å². The highest BCUT2D eigenvalue weighted by molar-refractivity contribution is 7.98. The van der Waals surface area contributed by atoms with E-state index in [-0.39, 0.29) is 5.69 Å². The number of rotatable bonds is 6. The van der Waals surface area contributed by atoms with Crippen LogP contribution in [0, 0.1) is 18.3 Å². The van der Waals surface area contributed by atoms with Crippen molar-refractivity contribution in [1.82, 2.24) is 4.98 Å². The molecule has 0 aliphatic heterocycles. The van der Waals surface area contributed by atoms with Gasteiger partial charge in [-0.15, -0.1) is 0 Å². The molecule has 108 valence electrons. The minimum absolute atomic E-state index is 0.258. The van der Waals surface area contributed by atoms with Crippen LogP contribution in [0.25, 0.3) is 0 Å². The monoisotopic (exact) mass is 317 g/mol. The van der Waals surface area contributed by atoms with Gasteiger partial charge in [-0.2, -0.15) is 17.0 Å². The fraction of sp³-hybridized carbons (Fsp3) is 0.250. The molecule has 0 aliphatic carbocycles. The van der Waals surface area contributed by atoms with Gasteiger partial charge in [-0.05, 0) is 24.6 Å². The molecule has 21 heavy (non-hydrogen) atoms. The lowest BCUT2D eigenvalue weighted by molar-refractivity contribution is 1.15. The Morgan fingerprint density at radius 1 is 1.24 bits per heavy atom. The molecule has 0 saturated carbocycles. The van der Waals surface area contributed by atoms with Gasteiger partial charge in [0.15, 0.2) is 5.69 Å². The van der Waals surface area contributed by atoms with Crippen molar-refractivity contribution in [2.45, 2.75) is 12.7 Å². The van der Waals surface area contributed by atoms with Crippen LogP contribution in [0.5, 0.6) is 0 Å². The van der Waals surface area contributed by atoms with Crippen molar-refractivity contribution in [3.63, 3.8) is 0 Å². The van der Waals surface area contributed by atoms with Gasteiger partial charge in [-0.3, -0.25) is 0 Å². The van der Waals surface area contributed by atoms with Crippen LogP contribution in [0.1, 0.15) is 16.8 Å². The Bertz CT molecular complexity index is 635. The average Bonchev–Trinajstić information content (AvgIpc) is 2.50. The smallest absolute Gasteiger partial charge is 0.161 e. The van der Waals surface area contributed by atoms with Crippen molar-refractivity contribution >= 4 is 29.2 Å². The third kappa shape index (κ3) is 4.96. The summed E-state index contributed by atoms with van der Waals surface area (Å²) in [6.45, 7) is 2.89. The largest absolute Gasteiger partial charge is 0.369 e. The van der Waals surface area contributed by atoms with Crippen molar-refractivity contribution in [1.29, 1.82) is 5.26 Å². The van der Waals surface area contributed by atoms with Gasteiger partial charge in [0, 0.05) is 18.1 Å². The molecule has 5 heteroatoms. The number of halogens is 1. The maximum absolute atomic E-state index is 8.87. The Hall–Kier alpha value is -1.70. The summed E-state index contributed by atoms with van der Waals surface area (Å²) in [4.78, 5) is 4.14. The lowest BCUT2D eigenvalue weighted by Gasteiger charge is -2.06. The summed E-state index contributed by atoms with van der Waals surface area (Å²) < 4.78 is 0. The maximum Gasteiger partial charge on any atom is 0.161 e. The van der Waals surface area contributed by atoms with Crippen LogP contribution >= 0.6 is 23.4 Å². The standard InChI is InChI=1S/C16H16ClN3S/c1-12-2-4-13(5-3-12)11-21-9-8-19-16-7-6-14(17)15(10-18)20-16/h2-7H,8-9,11H2,1H3,(H,19,20). The number of nitrogens with zero attached hydrogens (tertiary/aromatic N) is 2. The summed E-state index contributed by atoms with van der Waals surface area (Å²) in [5.74, 6) is 2.66. The van der Waals surface area contributed by atoms with Crippen molar-refractivity contribution < 1.29 is 0 Å². The zero-order valence-corrected chi connectivity index (χ0v) is 13.3. The molecule has 0 unspecified atom stereocenters. The molecular formula is C16H16ClN3S. The Balaban J connectivity index is 1.72. The molecule has 0 spiro atoms. The van der Waals surface area contributed by atoms with Crippen molar-refractivity contribution in [2.24, 2.45) is 0 Å². The Labute approximate surface area is 134 Å². The van der Waals surface area contributed by atoms with Crippen LogP contribution in [0.3, 0.4) is 0 Å². The van der Waals surface area contributed by atoms with E-state index >= 15 is 0 Å². The van der Waals surface area contributed by atoms with E-state index in [2.05, 4.69) is 41.5 Å². The quantitative estimate of drug-likeness (QED) is 0.809. The Kier molecular flexibility index (Phi) is 5.91. The molecule has 0 fully saturated rings. The number of aromatic nitrogens is 1. The molecule has 2 aromatic rings. The number of hydrogen-bond donors (Lipinski definition) is 1. The van der Waals surface area contributed by atoms with Gasteiger partial charge in [0.1, 0.15) is 11.9 Å². The normalized spacial score (nSPS) is 10.1. The molecule has 1 heterocycles. The highest BCUT2D eigenvalue weighted by Crippen LogP contribution is 2.16. The van der Waals surface area contributed by atoms with Gasteiger partial charge in [-0.1, -0.05) is 41.4 Å². The molecule has 0 bridgehead atoms. The summed E-state index contributed by atoms with van der Waals surface area (Å²) in [6.07, 6.45) is 0. The van der Waals surface area contributed by atoms with Crippen molar-refractivity contribution in [3.8, 4) is 6.07 Å². The van der Waals surface area contributed by atoms with Crippen LogP contribution < -0.4 is 5.32 Å². The van der Waals surface area contributed by atoms with Gasteiger partial charge in [0.05, 0.1) is 5.02 Å². The van der Waals surface area contributed by atoms with E-state index in [1.54, 1.807) is 12.1 Å². The number of pyridine rings is 1.